The molecule has 3 rings (SSSR count). The number of carbonyl (C=O) groups is 1. The van der Waals surface area contributed by atoms with Crippen LogP contribution in [-0.4, -0.2) is 16.1 Å². The molecule has 0 unspecified atom stereocenters. The lowest BCUT2D eigenvalue weighted by Gasteiger charge is -2.03. The second-order valence-electron chi connectivity index (χ2n) is 4.90. The highest BCUT2D eigenvalue weighted by Gasteiger charge is 2.13. The second-order valence-corrected chi connectivity index (χ2v) is 6.75. The highest BCUT2D eigenvalue weighted by Crippen LogP contribution is 2.31. The van der Waals surface area contributed by atoms with Crippen LogP contribution < -0.4 is 0 Å². The van der Waals surface area contributed by atoms with Crippen LogP contribution in [0.1, 0.15) is 17.0 Å². The lowest BCUT2D eigenvalue weighted by molar-refractivity contribution is -0.135. The maximum absolute atomic E-state index is 11.2. The van der Waals surface area contributed by atoms with Crippen molar-refractivity contribution in [3.63, 3.8) is 0 Å². The lowest BCUT2D eigenvalue weighted by Crippen LogP contribution is -1.97. The Kier molecular flexibility index (Phi) is 4.66. The van der Waals surface area contributed by atoms with Gasteiger partial charge in [0.25, 0.3) is 0 Å². The van der Waals surface area contributed by atoms with Crippen molar-refractivity contribution < 1.29 is 9.90 Å². The van der Waals surface area contributed by atoms with Crippen LogP contribution in [-0.2, 0) is 4.79 Å². The molecule has 0 aliphatic carbocycles. The van der Waals surface area contributed by atoms with Crippen LogP contribution in [0.4, 0.5) is 0 Å². The molecule has 0 fully saturated rings. The number of carboxylic acid groups (broad SMARTS) is 1. The second kappa shape index (κ2) is 6.71. The number of benzene rings is 2. The van der Waals surface area contributed by atoms with E-state index in [0.717, 1.165) is 15.8 Å². The van der Waals surface area contributed by atoms with E-state index in [1.165, 1.54) is 11.3 Å². The van der Waals surface area contributed by atoms with Crippen molar-refractivity contribution in [2.45, 2.75) is 6.42 Å². The first-order valence-corrected chi connectivity index (χ1v) is 8.33. The summed E-state index contributed by atoms with van der Waals surface area (Å²) >= 11 is 13.4. The van der Waals surface area contributed by atoms with Gasteiger partial charge >= 0.3 is 5.97 Å². The van der Waals surface area contributed by atoms with Crippen molar-refractivity contribution in [1.29, 1.82) is 0 Å². The van der Waals surface area contributed by atoms with Crippen molar-refractivity contribution >= 4 is 62.4 Å². The first-order chi connectivity index (χ1) is 11.0. The number of carboxylic acids is 1. The van der Waals surface area contributed by atoms with Gasteiger partial charge in [0.1, 0.15) is 5.01 Å². The highest BCUT2D eigenvalue weighted by molar-refractivity contribution is 7.19. The molecule has 6 heteroatoms. The fourth-order valence-corrected chi connectivity index (χ4v) is 3.45. The molecule has 3 aromatic rings. The van der Waals surface area contributed by atoms with Gasteiger partial charge in [-0.15, -0.1) is 11.3 Å². The van der Waals surface area contributed by atoms with Gasteiger partial charge in [-0.25, -0.2) is 4.98 Å². The van der Waals surface area contributed by atoms with E-state index in [1.807, 2.05) is 24.3 Å². The maximum Gasteiger partial charge on any atom is 0.307 e. The zero-order valence-corrected chi connectivity index (χ0v) is 14.1. The Balaban J connectivity index is 2.07. The lowest BCUT2D eigenvalue weighted by atomic mass is 10.1. The summed E-state index contributed by atoms with van der Waals surface area (Å²) in [6, 6.07) is 12.9. The summed E-state index contributed by atoms with van der Waals surface area (Å²) in [5.74, 6) is -0.907. The normalized spacial score (nSPS) is 11.8. The molecule has 0 radical (unpaired) electrons. The van der Waals surface area contributed by atoms with Gasteiger partial charge in [-0.1, -0.05) is 41.4 Å². The summed E-state index contributed by atoms with van der Waals surface area (Å²) in [6.45, 7) is 0. The Bertz CT molecular complexity index is 885. The average molecular weight is 364 g/mol. The number of aromatic nitrogens is 1. The standard InChI is InChI=1S/C17H11Cl2NO2S/c18-12-6-5-10(8-13(12)19)7-11(9-16(21)22)17-20-14-3-1-2-4-15(14)23-17/h1-8H,9H2,(H,21,22)/b11-7+. The molecule has 1 aromatic heterocycles. The van der Waals surface area contributed by atoms with Gasteiger partial charge in [0.2, 0.25) is 0 Å². The van der Waals surface area contributed by atoms with Gasteiger partial charge in [-0.2, -0.15) is 0 Å². The molecule has 3 nitrogen and oxygen atoms in total. The number of fused-ring (bicyclic) bond motifs is 1. The summed E-state index contributed by atoms with van der Waals surface area (Å²) in [6.07, 6.45) is 1.67. The molecular formula is C17H11Cl2NO2S. The summed E-state index contributed by atoms with van der Waals surface area (Å²) in [4.78, 5) is 15.7. The van der Waals surface area contributed by atoms with E-state index in [9.17, 15) is 9.90 Å². The van der Waals surface area contributed by atoms with E-state index in [0.29, 0.717) is 20.6 Å². The highest BCUT2D eigenvalue weighted by atomic mass is 35.5. The summed E-state index contributed by atoms with van der Waals surface area (Å²) < 4.78 is 1.02. The van der Waals surface area contributed by atoms with Crippen LogP contribution in [0.3, 0.4) is 0 Å². The van der Waals surface area contributed by atoms with E-state index in [4.69, 9.17) is 23.2 Å². The van der Waals surface area contributed by atoms with Crippen LogP contribution in [0, 0.1) is 0 Å². The smallest absolute Gasteiger partial charge is 0.307 e. The minimum absolute atomic E-state index is 0.111. The van der Waals surface area contributed by atoms with Crippen LogP contribution in [0.25, 0.3) is 21.9 Å². The number of rotatable bonds is 4. The molecule has 1 heterocycles. The summed E-state index contributed by atoms with van der Waals surface area (Å²) in [5, 5.41) is 10.8. The van der Waals surface area contributed by atoms with Crippen LogP contribution in [0.5, 0.6) is 0 Å². The van der Waals surface area contributed by atoms with E-state index >= 15 is 0 Å². The van der Waals surface area contributed by atoms with Gasteiger partial charge in [0.05, 0.1) is 26.7 Å². The van der Waals surface area contributed by atoms with E-state index < -0.39 is 5.97 Å². The van der Waals surface area contributed by atoms with Crippen molar-refractivity contribution in [3.8, 4) is 0 Å². The SMILES string of the molecule is O=C(O)C/C(=C\c1ccc(Cl)c(Cl)c1)c1nc2ccccc2s1. The minimum atomic E-state index is -0.907. The Morgan fingerprint density at radius 1 is 1.17 bits per heavy atom. The molecule has 0 aliphatic heterocycles. The Hall–Kier alpha value is -1.88. The van der Waals surface area contributed by atoms with E-state index in [1.54, 1.807) is 24.3 Å². The average Bonchev–Trinajstić information content (AvgIpc) is 2.94. The number of halogens is 2. The largest absolute Gasteiger partial charge is 0.481 e. The van der Waals surface area contributed by atoms with Crippen LogP contribution in [0.2, 0.25) is 10.0 Å². The number of para-hydroxylation sites is 1. The maximum atomic E-state index is 11.2. The van der Waals surface area contributed by atoms with Crippen LogP contribution in [0.15, 0.2) is 42.5 Å². The Morgan fingerprint density at radius 2 is 1.96 bits per heavy atom. The van der Waals surface area contributed by atoms with E-state index in [2.05, 4.69) is 4.98 Å². The van der Waals surface area contributed by atoms with Crippen molar-refractivity contribution in [3.05, 3.63) is 63.1 Å². The fourth-order valence-electron chi connectivity index (χ4n) is 2.16. The Morgan fingerprint density at radius 3 is 2.65 bits per heavy atom. The molecule has 0 bridgehead atoms. The third kappa shape index (κ3) is 3.72. The number of thiazole rings is 1. The molecule has 23 heavy (non-hydrogen) atoms. The predicted octanol–water partition coefficient (Wildman–Crippen LogP) is 5.62. The molecule has 0 saturated heterocycles. The first-order valence-electron chi connectivity index (χ1n) is 6.76. The van der Waals surface area contributed by atoms with Gasteiger partial charge < -0.3 is 5.11 Å². The molecule has 1 N–H and O–H groups in total. The molecule has 0 amide bonds. The fraction of sp³-hybridized carbons (Fsp3) is 0.0588. The van der Waals surface area contributed by atoms with Crippen molar-refractivity contribution in [2.75, 3.05) is 0 Å². The van der Waals surface area contributed by atoms with Crippen LogP contribution >= 0.6 is 34.5 Å². The molecule has 2 aromatic carbocycles. The molecule has 0 saturated carbocycles. The van der Waals surface area contributed by atoms with Gasteiger partial charge in [0, 0.05) is 0 Å². The summed E-state index contributed by atoms with van der Waals surface area (Å²) in [7, 11) is 0. The molecule has 0 spiro atoms. The van der Waals surface area contributed by atoms with E-state index in [-0.39, 0.29) is 6.42 Å². The monoisotopic (exact) mass is 363 g/mol. The predicted molar refractivity (Wildman–Crippen MR) is 96.2 cm³/mol. The number of hydrogen-bond acceptors (Lipinski definition) is 3. The summed E-state index contributed by atoms with van der Waals surface area (Å²) in [5.41, 5.74) is 2.28. The quantitative estimate of drug-likeness (QED) is 0.654. The number of aliphatic carboxylic acids is 1. The molecule has 0 aliphatic rings. The van der Waals surface area contributed by atoms with Crippen molar-refractivity contribution in [1.82, 2.24) is 4.98 Å². The number of hydrogen-bond donors (Lipinski definition) is 1. The van der Waals surface area contributed by atoms with Gasteiger partial charge in [0.15, 0.2) is 0 Å². The van der Waals surface area contributed by atoms with Gasteiger partial charge in [-0.3, -0.25) is 4.79 Å². The zero-order valence-electron chi connectivity index (χ0n) is 11.8. The van der Waals surface area contributed by atoms with Gasteiger partial charge in [-0.05, 0) is 41.5 Å². The number of nitrogens with zero attached hydrogens (tertiary/aromatic N) is 1. The minimum Gasteiger partial charge on any atom is -0.481 e. The molecule has 0 atom stereocenters. The third-order valence-corrected chi connectivity index (χ3v) is 5.05. The Labute approximate surface area is 146 Å². The topological polar surface area (TPSA) is 50.2 Å². The zero-order chi connectivity index (χ0) is 16.4. The molecule has 116 valence electrons. The van der Waals surface area contributed by atoms with Crippen molar-refractivity contribution in [2.24, 2.45) is 0 Å². The third-order valence-electron chi connectivity index (χ3n) is 3.19. The first kappa shape index (κ1) is 16.0. The molecular weight excluding hydrogens is 353 g/mol.